The molecule has 1 amide bonds. The standard InChI is InChI=1S/C14H20N2O/c1-14(2,15)9-13(17)16-8-7-11-5-3-4-6-12(11)10-16/h3-6H,7-10,15H2,1-2H3. The van der Waals surface area contributed by atoms with Gasteiger partial charge in [-0.2, -0.15) is 0 Å². The van der Waals surface area contributed by atoms with Gasteiger partial charge < -0.3 is 10.6 Å². The Morgan fingerprint density at radius 3 is 2.65 bits per heavy atom. The first-order chi connectivity index (χ1) is 7.96. The van der Waals surface area contributed by atoms with Crippen LogP contribution in [-0.2, 0) is 17.8 Å². The number of nitrogens with two attached hydrogens (primary N) is 1. The Hall–Kier alpha value is -1.35. The van der Waals surface area contributed by atoms with E-state index in [0.717, 1.165) is 19.5 Å². The van der Waals surface area contributed by atoms with Crippen molar-refractivity contribution in [3.63, 3.8) is 0 Å². The number of amides is 1. The van der Waals surface area contributed by atoms with Crippen LogP contribution >= 0.6 is 0 Å². The number of hydrogen-bond donors (Lipinski definition) is 1. The highest BCUT2D eigenvalue weighted by Gasteiger charge is 2.24. The van der Waals surface area contributed by atoms with Gasteiger partial charge in [-0.1, -0.05) is 24.3 Å². The van der Waals surface area contributed by atoms with Crippen molar-refractivity contribution in [1.29, 1.82) is 0 Å². The second-order valence-electron chi connectivity index (χ2n) is 5.50. The van der Waals surface area contributed by atoms with E-state index >= 15 is 0 Å². The third-order valence-corrected chi connectivity index (χ3v) is 3.09. The lowest BCUT2D eigenvalue weighted by Gasteiger charge is -2.31. The molecule has 0 atom stereocenters. The molecule has 92 valence electrons. The van der Waals surface area contributed by atoms with Gasteiger partial charge in [-0.05, 0) is 31.4 Å². The summed E-state index contributed by atoms with van der Waals surface area (Å²) in [5, 5.41) is 0. The first-order valence-corrected chi connectivity index (χ1v) is 6.09. The quantitative estimate of drug-likeness (QED) is 0.843. The molecule has 0 aliphatic carbocycles. The van der Waals surface area contributed by atoms with Gasteiger partial charge >= 0.3 is 0 Å². The molecule has 3 heteroatoms. The zero-order chi connectivity index (χ0) is 12.5. The van der Waals surface area contributed by atoms with Crippen molar-refractivity contribution in [2.45, 2.75) is 38.8 Å². The van der Waals surface area contributed by atoms with Crippen molar-refractivity contribution in [1.82, 2.24) is 4.90 Å². The van der Waals surface area contributed by atoms with Crippen LogP contribution in [0.2, 0.25) is 0 Å². The van der Waals surface area contributed by atoms with E-state index in [1.165, 1.54) is 11.1 Å². The van der Waals surface area contributed by atoms with Gasteiger partial charge in [0, 0.05) is 25.0 Å². The van der Waals surface area contributed by atoms with E-state index in [-0.39, 0.29) is 5.91 Å². The van der Waals surface area contributed by atoms with Gasteiger partial charge in [0.15, 0.2) is 0 Å². The Morgan fingerprint density at radius 1 is 1.35 bits per heavy atom. The zero-order valence-electron chi connectivity index (χ0n) is 10.6. The van der Waals surface area contributed by atoms with E-state index in [0.29, 0.717) is 6.42 Å². The number of fused-ring (bicyclic) bond motifs is 1. The number of hydrogen-bond acceptors (Lipinski definition) is 2. The molecule has 1 aliphatic heterocycles. The molecule has 1 aromatic rings. The lowest BCUT2D eigenvalue weighted by atomic mass is 9.97. The smallest absolute Gasteiger partial charge is 0.224 e. The molecule has 17 heavy (non-hydrogen) atoms. The van der Waals surface area contributed by atoms with Crippen LogP contribution in [0, 0.1) is 0 Å². The van der Waals surface area contributed by atoms with Crippen LogP contribution in [0.1, 0.15) is 31.4 Å². The van der Waals surface area contributed by atoms with Gasteiger partial charge in [-0.15, -0.1) is 0 Å². The van der Waals surface area contributed by atoms with Gasteiger partial charge in [0.1, 0.15) is 0 Å². The lowest BCUT2D eigenvalue weighted by molar-refractivity contribution is -0.133. The number of rotatable bonds is 2. The Labute approximate surface area is 103 Å². The molecule has 0 saturated carbocycles. The minimum Gasteiger partial charge on any atom is -0.338 e. The molecule has 0 unspecified atom stereocenters. The molecular formula is C14H20N2O. The van der Waals surface area contributed by atoms with Crippen molar-refractivity contribution >= 4 is 5.91 Å². The van der Waals surface area contributed by atoms with E-state index in [4.69, 9.17) is 5.73 Å². The van der Waals surface area contributed by atoms with Crippen LogP contribution in [-0.4, -0.2) is 22.9 Å². The molecule has 1 heterocycles. The largest absolute Gasteiger partial charge is 0.338 e. The number of benzene rings is 1. The second-order valence-corrected chi connectivity index (χ2v) is 5.50. The van der Waals surface area contributed by atoms with Crippen molar-refractivity contribution in [2.75, 3.05) is 6.54 Å². The highest BCUT2D eigenvalue weighted by Crippen LogP contribution is 2.20. The highest BCUT2D eigenvalue weighted by molar-refractivity contribution is 5.77. The third-order valence-electron chi connectivity index (χ3n) is 3.09. The molecular weight excluding hydrogens is 212 g/mol. The van der Waals surface area contributed by atoms with Gasteiger partial charge in [0.2, 0.25) is 5.91 Å². The summed E-state index contributed by atoms with van der Waals surface area (Å²) in [6.45, 7) is 5.32. The number of nitrogens with zero attached hydrogens (tertiary/aromatic N) is 1. The predicted octanol–water partition coefficient (Wildman–Crippen LogP) is 1.70. The number of carbonyl (C=O) groups excluding carboxylic acids is 1. The molecule has 0 fully saturated rings. The molecule has 0 aromatic heterocycles. The molecule has 0 radical (unpaired) electrons. The summed E-state index contributed by atoms with van der Waals surface area (Å²) in [7, 11) is 0. The average molecular weight is 232 g/mol. The first-order valence-electron chi connectivity index (χ1n) is 6.09. The maximum Gasteiger partial charge on any atom is 0.224 e. The first kappa shape index (κ1) is 12.1. The van der Waals surface area contributed by atoms with Crippen molar-refractivity contribution in [2.24, 2.45) is 5.73 Å². The fourth-order valence-corrected chi connectivity index (χ4v) is 2.21. The molecule has 0 saturated heterocycles. The second kappa shape index (κ2) is 4.49. The molecule has 2 rings (SSSR count). The maximum absolute atomic E-state index is 12.1. The number of carbonyl (C=O) groups is 1. The zero-order valence-corrected chi connectivity index (χ0v) is 10.6. The summed E-state index contributed by atoms with van der Waals surface area (Å²) in [6, 6.07) is 8.32. The molecule has 0 spiro atoms. The Kier molecular flexibility index (Phi) is 3.20. The van der Waals surface area contributed by atoms with E-state index in [1.807, 2.05) is 24.8 Å². The maximum atomic E-state index is 12.1. The average Bonchev–Trinajstić information content (AvgIpc) is 2.26. The van der Waals surface area contributed by atoms with E-state index in [1.54, 1.807) is 0 Å². The summed E-state index contributed by atoms with van der Waals surface area (Å²) >= 11 is 0. The lowest BCUT2D eigenvalue weighted by Crippen LogP contribution is -2.43. The van der Waals surface area contributed by atoms with Gasteiger partial charge in [-0.3, -0.25) is 4.79 Å². The molecule has 0 bridgehead atoms. The Balaban J connectivity index is 2.05. The van der Waals surface area contributed by atoms with E-state index in [9.17, 15) is 4.79 Å². The van der Waals surface area contributed by atoms with E-state index < -0.39 is 5.54 Å². The minimum absolute atomic E-state index is 0.159. The van der Waals surface area contributed by atoms with Gasteiger partial charge in [0.25, 0.3) is 0 Å². The molecule has 1 aromatic carbocycles. The van der Waals surface area contributed by atoms with Crippen LogP contribution in [0.4, 0.5) is 0 Å². The summed E-state index contributed by atoms with van der Waals surface area (Å²) in [5.74, 6) is 0.159. The molecule has 2 N–H and O–H groups in total. The predicted molar refractivity (Wildman–Crippen MR) is 68.4 cm³/mol. The van der Waals surface area contributed by atoms with Crippen molar-refractivity contribution in [3.05, 3.63) is 35.4 Å². The van der Waals surface area contributed by atoms with Crippen LogP contribution < -0.4 is 5.73 Å². The van der Waals surface area contributed by atoms with Crippen LogP contribution in [0.3, 0.4) is 0 Å². The van der Waals surface area contributed by atoms with E-state index in [2.05, 4.69) is 18.2 Å². The monoisotopic (exact) mass is 232 g/mol. The topological polar surface area (TPSA) is 46.3 Å². The fourth-order valence-electron chi connectivity index (χ4n) is 2.21. The molecule has 3 nitrogen and oxygen atoms in total. The highest BCUT2D eigenvalue weighted by atomic mass is 16.2. The third kappa shape index (κ3) is 3.07. The SMILES string of the molecule is CC(C)(N)CC(=O)N1CCc2ccccc2C1. The van der Waals surface area contributed by atoms with Crippen molar-refractivity contribution in [3.8, 4) is 0 Å². The summed E-state index contributed by atoms with van der Waals surface area (Å²) in [6.07, 6.45) is 1.36. The van der Waals surface area contributed by atoms with Crippen molar-refractivity contribution < 1.29 is 4.79 Å². The Morgan fingerprint density at radius 2 is 2.00 bits per heavy atom. The fraction of sp³-hybridized carbons (Fsp3) is 0.500. The van der Waals surface area contributed by atoms with Gasteiger partial charge in [0.05, 0.1) is 0 Å². The minimum atomic E-state index is -0.423. The summed E-state index contributed by atoms with van der Waals surface area (Å²) in [5.41, 5.74) is 8.10. The van der Waals surface area contributed by atoms with Crippen LogP contribution in [0.5, 0.6) is 0 Å². The normalized spacial score (nSPS) is 15.6. The summed E-state index contributed by atoms with van der Waals surface area (Å²) in [4.78, 5) is 14.0. The van der Waals surface area contributed by atoms with Gasteiger partial charge in [-0.25, -0.2) is 0 Å². The molecule has 1 aliphatic rings. The summed E-state index contributed by atoms with van der Waals surface area (Å²) < 4.78 is 0. The van der Waals surface area contributed by atoms with Crippen LogP contribution in [0.25, 0.3) is 0 Å². The van der Waals surface area contributed by atoms with Crippen LogP contribution in [0.15, 0.2) is 24.3 Å². The Bertz CT molecular complexity index is 420.